The number of nitrogens with two attached hydrogens (primary N) is 1. The van der Waals surface area contributed by atoms with Crippen LogP contribution in [0.4, 0.5) is 4.39 Å². The van der Waals surface area contributed by atoms with Crippen molar-refractivity contribution in [2.75, 3.05) is 13.1 Å². The van der Waals surface area contributed by atoms with E-state index in [0.29, 0.717) is 24.7 Å². The lowest BCUT2D eigenvalue weighted by molar-refractivity contribution is 0.132. The molecule has 108 valence electrons. The number of hydrogen-bond acceptors (Lipinski definition) is 2. The molecule has 0 saturated carbocycles. The van der Waals surface area contributed by atoms with Gasteiger partial charge in [0.25, 0.3) is 0 Å². The Morgan fingerprint density at radius 1 is 1.37 bits per heavy atom. The van der Waals surface area contributed by atoms with Crippen LogP contribution in [-0.2, 0) is 6.54 Å². The molecule has 0 bridgehead atoms. The highest BCUT2D eigenvalue weighted by Gasteiger charge is 2.22. The Morgan fingerprint density at radius 3 is 2.89 bits per heavy atom. The van der Waals surface area contributed by atoms with Crippen LogP contribution < -0.4 is 5.73 Å². The summed E-state index contributed by atoms with van der Waals surface area (Å²) in [5, 5.41) is 0.208. The highest BCUT2D eigenvalue weighted by atomic mass is 35.5. The molecule has 0 spiro atoms. The molecule has 5 heteroatoms. The second-order valence-electron chi connectivity index (χ2n) is 4.91. The molecule has 0 amide bonds. The molecule has 0 aromatic heterocycles. The highest BCUT2D eigenvalue weighted by molar-refractivity contribution is 6.30. The third-order valence-corrected chi connectivity index (χ3v) is 3.95. The van der Waals surface area contributed by atoms with Crippen molar-refractivity contribution in [2.24, 2.45) is 5.73 Å². The van der Waals surface area contributed by atoms with E-state index < -0.39 is 0 Å². The van der Waals surface area contributed by atoms with Gasteiger partial charge in [-0.2, -0.15) is 0 Å². The van der Waals surface area contributed by atoms with E-state index in [1.54, 1.807) is 6.07 Å². The van der Waals surface area contributed by atoms with Gasteiger partial charge in [0.1, 0.15) is 5.82 Å². The first-order valence-electron chi connectivity index (χ1n) is 6.59. The number of rotatable bonds is 4. The fourth-order valence-electron chi connectivity index (χ4n) is 2.68. The summed E-state index contributed by atoms with van der Waals surface area (Å²) in [7, 11) is 0. The minimum atomic E-state index is -0.281. The predicted molar refractivity (Wildman–Crippen MR) is 80.4 cm³/mol. The van der Waals surface area contributed by atoms with Crippen LogP contribution in [0.15, 0.2) is 18.2 Å². The predicted octanol–water partition coefficient (Wildman–Crippen LogP) is 3.60. The zero-order chi connectivity index (χ0) is 13.0. The highest BCUT2D eigenvalue weighted by Crippen LogP contribution is 2.24. The van der Waals surface area contributed by atoms with Crippen molar-refractivity contribution >= 4 is 24.0 Å². The van der Waals surface area contributed by atoms with Gasteiger partial charge >= 0.3 is 0 Å². The maximum Gasteiger partial charge on any atom is 0.146 e. The molecule has 1 fully saturated rings. The molecule has 0 radical (unpaired) electrons. The van der Waals surface area contributed by atoms with E-state index in [4.69, 9.17) is 17.3 Å². The van der Waals surface area contributed by atoms with Crippen LogP contribution in [-0.4, -0.2) is 24.0 Å². The van der Waals surface area contributed by atoms with Gasteiger partial charge < -0.3 is 5.73 Å². The van der Waals surface area contributed by atoms with Crippen LogP contribution in [0.5, 0.6) is 0 Å². The Labute approximate surface area is 125 Å². The second-order valence-corrected chi connectivity index (χ2v) is 5.32. The lowest BCUT2D eigenvalue weighted by Gasteiger charge is -2.35. The van der Waals surface area contributed by atoms with Crippen molar-refractivity contribution in [2.45, 2.75) is 38.3 Å². The van der Waals surface area contributed by atoms with Crippen LogP contribution in [0.1, 0.15) is 31.2 Å². The molecular weight excluding hydrogens is 286 g/mol. The Morgan fingerprint density at radius 2 is 2.16 bits per heavy atom. The average molecular weight is 307 g/mol. The number of benzene rings is 1. The van der Waals surface area contributed by atoms with Gasteiger partial charge in [0.15, 0.2) is 0 Å². The molecule has 1 aromatic carbocycles. The van der Waals surface area contributed by atoms with Gasteiger partial charge in [-0.25, -0.2) is 4.39 Å². The van der Waals surface area contributed by atoms with E-state index in [-0.39, 0.29) is 23.2 Å². The summed E-state index contributed by atoms with van der Waals surface area (Å²) in [4.78, 5) is 2.34. The zero-order valence-corrected chi connectivity index (χ0v) is 12.5. The first-order valence-corrected chi connectivity index (χ1v) is 6.97. The van der Waals surface area contributed by atoms with Gasteiger partial charge in [-0.05, 0) is 38.4 Å². The van der Waals surface area contributed by atoms with Gasteiger partial charge in [-0.15, -0.1) is 12.4 Å². The lowest BCUT2D eigenvalue weighted by atomic mass is 9.98. The monoisotopic (exact) mass is 306 g/mol. The fraction of sp³-hybridized carbons (Fsp3) is 0.571. The summed E-state index contributed by atoms with van der Waals surface area (Å²) in [5.74, 6) is -0.281. The maximum atomic E-state index is 13.9. The first-order chi connectivity index (χ1) is 8.72. The SMILES string of the molecule is Cl.NCCC1CCCCN1Cc1cccc(Cl)c1F. The van der Waals surface area contributed by atoms with E-state index in [1.165, 1.54) is 19.3 Å². The van der Waals surface area contributed by atoms with Crippen molar-refractivity contribution in [3.8, 4) is 0 Å². The van der Waals surface area contributed by atoms with Crippen LogP contribution >= 0.6 is 24.0 Å². The molecule has 1 aromatic rings. The summed E-state index contributed by atoms with van der Waals surface area (Å²) in [6.07, 6.45) is 4.59. The number of hydrogen-bond donors (Lipinski definition) is 1. The maximum absolute atomic E-state index is 13.9. The van der Waals surface area contributed by atoms with Crippen LogP contribution in [0.25, 0.3) is 0 Å². The molecular formula is C14H21Cl2FN2. The Bertz CT molecular complexity index is 399. The summed E-state index contributed by atoms with van der Waals surface area (Å²) in [6.45, 7) is 2.35. The van der Waals surface area contributed by atoms with Crippen LogP contribution in [0.3, 0.4) is 0 Å². The molecule has 1 unspecified atom stereocenters. The Hall–Kier alpha value is -0.350. The van der Waals surface area contributed by atoms with Crippen LogP contribution in [0, 0.1) is 5.82 Å². The van der Waals surface area contributed by atoms with E-state index in [9.17, 15) is 4.39 Å². The van der Waals surface area contributed by atoms with E-state index in [1.807, 2.05) is 12.1 Å². The van der Waals surface area contributed by atoms with Crippen molar-refractivity contribution < 1.29 is 4.39 Å². The number of nitrogens with zero attached hydrogens (tertiary/aromatic N) is 1. The molecule has 1 aliphatic rings. The Balaban J connectivity index is 0.00000180. The molecule has 2 nitrogen and oxygen atoms in total. The fourth-order valence-corrected chi connectivity index (χ4v) is 2.87. The van der Waals surface area contributed by atoms with E-state index in [2.05, 4.69) is 4.90 Å². The second kappa shape index (κ2) is 8.05. The third kappa shape index (κ3) is 4.32. The summed E-state index contributed by atoms with van der Waals surface area (Å²) in [6, 6.07) is 5.70. The minimum Gasteiger partial charge on any atom is -0.330 e. The topological polar surface area (TPSA) is 29.3 Å². The quantitative estimate of drug-likeness (QED) is 0.921. The average Bonchev–Trinajstić information content (AvgIpc) is 2.37. The first kappa shape index (κ1) is 16.7. The van der Waals surface area contributed by atoms with Gasteiger partial charge in [-0.1, -0.05) is 30.2 Å². The van der Waals surface area contributed by atoms with Crippen molar-refractivity contribution in [3.63, 3.8) is 0 Å². The van der Waals surface area contributed by atoms with Crippen molar-refractivity contribution in [1.82, 2.24) is 4.90 Å². The standard InChI is InChI=1S/C14H20ClFN2.ClH/c15-13-6-3-4-11(14(13)16)10-18-9-2-1-5-12(18)7-8-17;/h3-4,6,12H,1-2,5,7-10,17H2;1H. The molecule has 1 heterocycles. The zero-order valence-electron chi connectivity index (χ0n) is 10.9. The van der Waals surface area contributed by atoms with Crippen molar-refractivity contribution in [3.05, 3.63) is 34.6 Å². The number of halogens is 3. The van der Waals surface area contributed by atoms with E-state index >= 15 is 0 Å². The normalized spacial score (nSPS) is 20.1. The van der Waals surface area contributed by atoms with Gasteiger partial charge in [0, 0.05) is 18.2 Å². The van der Waals surface area contributed by atoms with Crippen molar-refractivity contribution in [1.29, 1.82) is 0 Å². The van der Waals surface area contributed by atoms with Gasteiger partial charge in [0.05, 0.1) is 5.02 Å². The molecule has 0 aliphatic carbocycles. The lowest BCUT2D eigenvalue weighted by Crippen LogP contribution is -2.40. The number of likely N-dealkylation sites (tertiary alicyclic amines) is 1. The molecule has 1 atom stereocenters. The third-order valence-electron chi connectivity index (χ3n) is 3.65. The molecule has 2 rings (SSSR count). The Kier molecular flexibility index (Phi) is 7.08. The number of piperidine rings is 1. The summed E-state index contributed by atoms with van der Waals surface area (Å²) >= 11 is 5.82. The van der Waals surface area contributed by atoms with E-state index in [0.717, 1.165) is 13.0 Å². The minimum absolute atomic E-state index is 0. The molecule has 2 N–H and O–H groups in total. The smallest absolute Gasteiger partial charge is 0.146 e. The summed E-state index contributed by atoms with van der Waals surface area (Å²) < 4.78 is 13.9. The molecule has 1 saturated heterocycles. The van der Waals surface area contributed by atoms with Gasteiger partial charge in [0.2, 0.25) is 0 Å². The molecule has 19 heavy (non-hydrogen) atoms. The summed E-state index contributed by atoms with van der Waals surface area (Å²) in [5.41, 5.74) is 6.33. The largest absolute Gasteiger partial charge is 0.330 e. The van der Waals surface area contributed by atoms with Crippen LogP contribution in [0.2, 0.25) is 5.02 Å². The molecule has 1 aliphatic heterocycles. The van der Waals surface area contributed by atoms with Gasteiger partial charge in [-0.3, -0.25) is 4.90 Å².